The number of likely N-dealkylation sites (N-methyl/N-ethyl adjacent to an activating group) is 1. The lowest BCUT2D eigenvalue weighted by Crippen LogP contribution is -2.37. The Morgan fingerprint density at radius 2 is 1.74 bits per heavy atom. The van der Waals surface area contributed by atoms with E-state index in [9.17, 15) is 21.2 Å². The second kappa shape index (κ2) is 7.56. The molecule has 0 bridgehead atoms. The SMILES string of the molecule is CNC(C)CNS(=O)(=O)c1ccc(NS(=O)(=O)C(C)C)c(F)c1. The minimum atomic E-state index is -3.87. The fourth-order valence-corrected chi connectivity index (χ4v) is 3.29. The van der Waals surface area contributed by atoms with Gasteiger partial charge in [0.15, 0.2) is 0 Å². The Kier molecular flexibility index (Phi) is 6.51. The number of benzene rings is 1. The van der Waals surface area contributed by atoms with Crippen molar-refractivity contribution < 1.29 is 21.2 Å². The van der Waals surface area contributed by atoms with Gasteiger partial charge in [0.1, 0.15) is 5.82 Å². The first-order valence-electron chi connectivity index (χ1n) is 6.97. The number of anilines is 1. The van der Waals surface area contributed by atoms with Gasteiger partial charge in [0, 0.05) is 12.6 Å². The van der Waals surface area contributed by atoms with E-state index >= 15 is 0 Å². The molecule has 0 aliphatic rings. The van der Waals surface area contributed by atoms with Gasteiger partial charge >= 0.3 is 0 Å². The van der Waals surface area contributed by atoms with Gasteiger partial charge in [-0.1, -0.05) is 0 Å². The minimum Gasteiger partial charge on any atom is -0.316 e. The summed E-state index contributed by atoms with van der Waals surface area (Å²) in [7, 11) is -5.89. The predicted molar refractivity (Wildman–Crippen MR) is 87.8 cm³/mol. The smallest absolute Gasteiger partial charge is 0.240 e. The van der Waals surface area contributed by atoms with Crippen molar-refractivity contribution in [2.45, 2.75) is 37.0 Å². The van der Waals surface area contributed by atoms with Crippen LogP contribution in [0.5, 0.6) is 0 Å². The van der Waals surface area contributed by atoms with Crippen molar-refractivity contribution in [2.75, 3.05) is 18.3 Å². The molecule has 0 heterocycles. The van der Waals surface area contributed by atoms with Gasteiger partial charge in [-0.05, 0) is 46.0 Å². The Morgan fingerprint density at radius 3 is 2.22 bits per heavy atom. The van der Waals surface area contributed by atoms with Gasteiger partial charge in [0.2, 0.25) is 20.0 Å². The third kappa shape index (κ3) is 5.41. The van der Waals surface area contributed by atoms with Crippen LogP contribution in [0.25, 0.3) is 0 Å². The van der Waals surface area contributed by atoms with Crippen LogP contribution in [0.4, 0.5) is 10.1 Å². The largest absolute Gasteiger partial charge is 0.316 e. The molecule has 1 aromatic rings. The van der Waals surface area contributed by atoms with E-state index < -0.39 is 31.1 Å². The Hall–Kier alpha value is -1.23. The maximum absolute atomic E-state index is 14.0. The van der Waals surface area contributed by atoms with E-state index in [2.05, 4.69) is 14.8 Å². The second-order valence-corrected chi connectivity index (χ2v) is 9.38. The van der Waals surface area contributed by atoms with Gasteiger partial charge in [-0.3, -0.25) is 4.72 Å². The molecular weight excluding hydrogens is 345 g/mol. The molecule has 0 saturated carbocycles. The van der Waals surface area contributed by atoms with Crippen LogP contribution in [0.2, 0.25) is 0 Å². The van der Waals surface area contributed by atoms with Gasteiger partial charge in [-0.25, -0.2) is 25.9 Å². The maximum Gasteiger partial charge on any atom is 0.240 e. The molecule has 1 unspecified atom stereocenters. The van der Waals surface area contributed by atoms with Gasteiger partial charge in [0.25, 0.3) is 0 Å². The van der Waals surface area contributed by atoms with Crippen molar-refractivity contribution in [3.8, 4) is 0 Å². The summed E-state index contributed by atoms with van der Waals surface area (Å²) in [6.45, 7) is 4.83. The van der Waals surface area contributed by atoms with Crippen molar-refractivity contribution in [3.63, 3.8) is 0 Å². The lowest BCUT2D eigenvalue weighted by molar-refractivity contribution is 0.553. The molecule has 10 heteroatoms. The van der Waals surface area contributed by atoms with Crippen LogP contribution >= 0.6 is 0 Å². The summed E-state index contributed by atoms with van der Waals surface area (Å²) in [4.78, 5) is -0.272. The Bertz CT molecular complexity index is 748. The number of sulfonamides is 2. The molecule has 1 atom stereocenters. The first-order valence-corrected chi connectivity index (χ1v) is 10.0. The first-order chi connectivity index (χ1) is 10.5. The monoisotopic (exact) mass is 367 g/mol. The second-order valence-electron chi connectivity index (χ2n) is 5.38. The van der Waals surface area contributed by atoms with Crippen molar-refractivity contribution in [2.24, 2.45) is 0 Å². The van der Waals surface area contributed by atoms with Crippen molar-refractivity contribution in [1.82, 2.24) is 10.0 Å². The van der Waals surface area contributed by atoms with Gasteiger partial charge in [-0.15, -0.1) is 0 Å². The van der Waals surface area contributed by atoms with E-state index in [1.165, 1.54) is 13.8 Å². The molecule has 23 heavy (non-hydrogen) atoms. The van der Waals surface area contributed by atoms with Gasteiger partial charge < -0.3 is 5.32 Å². The zero-order chi connectivity index (χ0) is 17.8. The molecule has 0 aliphatic heterocycles. The van der Waals surface area contributed by atoms with Crippen molar-refractivity contribution >= 4 is 25.7 Å². The molecule has 1 rings (SSSR count). The Balaban J connectivity index is 3.00. The summed E-state index contributed by atoms with van der Waals surface area (Å²) in [6, 6.07) is 2.93. The summed E-state index contributed by atoms with van der Waals surface area (Å²) in [5, 5.41) is 2.13. The normalized spacial score (nSPS) is 14.0. The highest BCUT2D eigenvalue weighted by molar-refractivity contribution is 7.93. The third-order valence-corrected chi connectivity index (χ3v) is 6.36. The van der Waals surface area contributed by atoms with Crippen LogP contribution in [-0.4, -0.2) is 41.7 Å². The zero-order valence-corrected chi connectivity index (χ0v) is 15.1. The molecular formula is C13H22FN3O4S2. The average molecular weight is 367 g/mol. The van der Waals surface area contributed by atoms with E-state index in [4.69, 9.17) is 0 Å². The summed E-state index contributed by atoms with van der Waals surface area (Å²) in [5.74, 6) is -0.959. The molecule has 1 aromatic carbocycles. The maximum atomic E-state index is 14.0. The number of hydrogen-bond donors (Lipinski definition) is 3. The van der Waals surface area contributed by atoms with Crippen LogP contribution in [0, 0.1) is 5.82 Å². The fourth-order valence-electron chi connectivity index (χ4n) is 1.44. The zero-order valence-electron chi connectivity index (χ0n) is 13.4. The molecule has 0 spiro atoms. The van der Waals surface area contributed by atoms with Crippen LogP contribution in [0.15, 0.2) is 23.1 Å². The summed E-state index contributed by atoms with van der Waals surface area (Å²) in [6.07, 6.45) is 0. The molecule has 7 nitrogen and oxygen atoms in total. The van der Waals surface area contributed by atoms with Crippen LogP contribution in [0.3, 0.4) is 0 Å². The number of hydrogen-bond acceptors (Lipinski definition) is 5. The highest BCUT2D eigenvalue weighted by Crippen LogP contribution is 2.21. The van der Waals surface area contributed by atoms with E-state index in [0.29, 0.717) is 0 Å². The van der Waals surface area contributed by atoms with Crippen LogP contribution in [0.1, 0.15) is 20.8 Å². The van der Waals surface area contributed by atoms with Gasteiger partial charge in [-0.2, -0.15) is 0 Å². The van der Waals surface area contributed by atoms with Crippen molar-refractivity contribution in [3.05, 3.63) is 24.0 Å². The van der Waals surface area contributed by atoms with E-state index in [1.807, 2.05) is 0 Å². The topological polar surface area (TPSA) is 104 Å². The summed E-state index contributed by atoms with van der Waals surface area (Å²) in [5.41, 5.74) is -0.291. The lowest BCUT2D eigenvalue weighted by Gasteiger charge is -2.14. The van der Waals surface area contributed by atoms with Gasteiger partial charge in [0.05, 0.1) is 15.8 Å². The lowest BCUT2D eigenvalue weighted by atomic mass is 10.3. The van der Waals surface area contributed by atoms with Crippen LogP contribution in [-0.2, 0) is 20.0 Å². The molecule has 0 radical (unpaired) electrons. The quantitative estimate of drug-likeness (QED) is 0.632. The molecule has 3 N–H and O–H groups in total. The molecule has 0 aliphatic carbocycles. The Labute approximate surface area is 136 Å². The molecule has 0 aromatic heterocycles. The van der Waals surface area contributed by atoms with E-state index in [1.54, 1.807) is 14.0 Å². The fraction of sp³-hybridized carbons (Fsp3) is 0.538. The highest BCUT2D eigenvalue weighted by atomic mass is 32.2. The summed E-state index contributed by atoms with van der Waals surface area (Å²) < 4.78 is 66.0. The highest BCUT2D eigenvalue weighted by Gasteiger charge is 2.20. The molecule has 0 fully saturated rings. The van der Waals surface area contributed by atoms with Crippen molar-refractivity contribution in [1.29, 1.82) is 0 Å². The molecule has 0 saturated heterocycles. The summed E-state index contributed by atoms with van der Waals surface area (Å²) >= 11 is 0. The number of nitrogens with one attached hydrogen (secondary N) is 3. The first kappa shape index (κ1) is 19.8. The third-order valence-electron chi connectivity index (χ3n) is 3.20. The molecule has 0 amide bonds. The average Bonchev–Trinajstić information content (AvgIpc) is 2.46. The van der Waals surface area contributed by atoms with E-state index in [0.717, 1.165) is 18.2 Å². The minimum absolute atomic E-state index is 0.0910. The Morgan fingerprint density at radius 1 is 1.13 bits per heavy atom. The predicted octanol–water partition coefficient (Wildman–Crippen LogP) is 0.862. The van der Waals surface area contributed by atoms with Crippen LogP contribution < -0.4 is 14.8 Å². The standard InChI is InChI=1S/C13H22FN3O4S2/c1-9(2)22(18,19)17-13-6-5-11(7-12(13)14)23(20,21)16-8-10(3)15-4/h5-7,9-10,15-17H,8H2,1-4H3. The van der Waals surface area contributed by atoms with E-state index in [-0.39, 0.29) is 23.2 Å². The molecule has 132 valence electrons. The number of halogens is 1. The number of rotatable bonds is 8.